The number of amides is 2. The van der Waals surface area contributed by atoms with Crippen LogP contribution in [0.5, 0.6) is 5.75 Å². The van der Waals surface area contributed by atoms with Gasteiger partial charge in [-0.15, -0.1) is 0 Å². The van der Waals surface area contributed by atoms with Gasteiger partial charge >= 0.3 is 0 Å². The van der Waals surface area contributed by atoms with Crippen LogP contribution in [0, 0.1) is 0 Å². The SMILES string of the molecule is O=C(COc1ccc(S(=O)(=O)NCc2ccccc2)cc1)Nc1ccc(CC(=O)N2CCCC2)cc1. The summed E-state index contributed by atoms with van der Waals surface area (Å²) < 4.78 is 33.1. The maximum atomic E-state index is 12.5. The van der Waals surface area contributed by atoms with Gasteiger partial charge in [0.05, 0.1) is 11.3 Å². The van der Waals surface area contributed by atoms with Crippen LogP contribution in [0.3, 0.4) is 0 Å². The van der Waals surface area contributed by atoms with Crippen molar-refractivity contribution in [3.05, 3.63) is 90.0 Å². The summed E-state index contributed by atoms with van der Waals surface area (Å²) in [6.07, 6.45) is 2.48. The molecule has 2 N–H and O–H groups in total. The van der Waals surface area contributed by atoms with Crippen LogP contribution in [-0.4, -0.2) is 44.8 Å². The van der Waals surface area contributed by atoms with Crippen molar-refractivity contribution in [2.75, 3.05) is 25.0 Å². The summed E-state index contributed by atoms with van der Waals surface area (Å²) in [5.41, 5.74) is 2.36. The van der Waals surface area contributed by atoms with Crippen molar-refractivity contribution in [3.63, 3.8) is 0 Å². The molecule has 4 rings (SSSR count). The Hall–Kier alpha value is -3.69. The first kappa shape index (κ1) is 25.4. The first-order valence-corrected chi connectivity index (χ1v) is 13.3. The van der Waals surface area contributed by atoms with E-state index in [-0.39, 0.29) is 29.9 Å². The minimum Gasteiger partial charge on any atom is -0.484 e. The highest BCUT2D eigenvalue weighted by atomic mass is 32.2. The first-order chi connectivity index (χ1) is 17.4. The van der Waals surface area contributed by atoms with Crippen LogP contribution in [0.25, 0.3) is 0 Å². The third-order valence-electron chi connectivity index (χ3n) is 5.86. The molecule has 0 aromatic heterocycles. The van der Waals surface area contributed by atoms with E-state index >= 15 is 0 Å². The zero-order valence-electron chi connectivity index (χ0n) is 19.9. The summed E-state index contributed by atoms with van der Waals surface area (Å²) >= 11 is 0. The molecule has 1 aliphatic rings. The lowest BCUT2D eigenvalue weighted by Gasteiger charge is -2.15. The van der Waals surface area contributed by atoms with Gasteiger partial charge in [0, 0.05) is 25.3 Å². The highest BCUT2D eigenvalue weighted by molar-refractivity contribution is 7.89. The molecule has 36 heavy (non-hydrogen) atoms. The van der Waals surface area contributed by atoms with Gasteiger partial charge in [0.25, 0.3) is 5.91 Å². The van der Waals surface area contributed by atoms with Crippen LogP contribution < -0.4 is 14.8 Å². The predicted molar refractivity (Wildman–Crippen MR) is 137 cm³/mol. The number of nitrogens with zero attached hydrogens (tertiary/aromatic N) is 1. The second-order valence-corrected chi connectivity index (χ2v) is 10.3. The lowest BCUT2D eigenvalue weighted by molar-refractivity contribution is -0.129. The number of ether oxygens (including phenoxy) is 1. The number of hydrogen-bond donors (Lipinski definition) is 2. The maximum absolute atomic E-state index is 12.5. The molecule has 1 aliphatic heterocycles. The molecule has 188 valence electrons. The predicted octanol–water partition coefficient (Wildman–Crippen LogP) is 3.35. The Labute approximate surface area is 211 Å². The molecule has 3 aromatic carbocycles. The molecule has 0 spiro atoms. The summed E-state index contributed by atoms with van der Waals surface area (Å²) in [5.74, 6) is 0.156. The molecular formula is C27H29N3O5S. The fraction of sp³-hybridized carbons (Fsp3) is 0.259. The van der Waals surface area contributed by atoms with E-state index in [1.807, 2.05) is 47.4 Å². The van der Waals surface area contributed by atoms with Gasteiger partial charge in [-0.1, -0.05) is 42.5 Å². The number of anilines is 1. The van der Waals surface area contributed by atoms with Crippen molar-refractivity contribution in [2.45, 2.75) is 30.7 Å². The molecule has 0 aliphatic carbocycles. The summed E-state index contributed by atoms with van der Waals surface area (Å²) in [6, 6.07) is 22.3. The molecule has 8 nitrogen and oxygen atoms in total. The summed E-state index contributed by atoms with van der Waals surface area (Å²) in [5, 5.41) is 2.75. The van der Waals surface area contributed by atoms with Gasteiger partial charge in [-0.3, -0.25) is 9.59 Å². The Balaban J connectivity index is 1.23. The second kappa shape index (κ2) is 11.8. The normalized spacial score (nSPS) is 13.4. The highest BCUT2D eigenvalue weighted by Gasteiger charge is 2.18. The van der Waals surface area contributed by atoms with Gasteiger partial charge in [0.2, 0.25) is 15.9 Å². The van der Waals surface area contributed by atoms with Crippen LogP contribution >= 0.6 is 0 Å². The molecule has 0 atom stereocenters. The molecule has 1 fully saturated rings. The number of nitrogens with one attached hydrogen (secondary N) is 2. The maximum Gasteiger partial charge on any atom is 0.262 e. The van der Waals surface area contributed by atoms with E-state index in [0.717, 1.165) is 37.1 Å². The summed E-state index contributed by atoms with van der Waals surface area (Å²) in [6.45, 7) is 1.62. The summed E-state index contributed by atoms with van der Waals surface area (Å²) in [4.78, 5) is 26.5. The monoisotopic (exact) mass is 507 g/mol. The molecule has 1 saturated heterocycles. The average Bonchev–Trinajstić information content (AvgIpc) is 3.44. The van der Waals surface area contributed by atoms with E-state index in [1.54, 1.807) is 12.1 Å². The quantitative estimate of drug-likeness (QED) is 0.438. The molecular weight excluding hydrogens is 478 g/mol. The van der Waals surface area contributed by atoms with Gasteiger partial charge in [-0.25, -0.2) is 13.1 Å². The molecule has 0 radical (unpaired) electrons. The van der Waals surface area contributed by atoms with E-state index in [0.29, 0.717) is 17.9 Å². The number of carbonyl (C=O) groups is 2. The molecule has 0 unspecified atom stereocenters. The van der Waals surface area contributed by atoms with E-state index in [4.69, 9.17) is 4.74 Å². The lowest BCUT2D eigenvalue weighted by atomic mass is 10.1. The van der Waals surface area contributed by atoms with E-state index < -0.39 is 10.0 Å². The smallest absolute Gasteiger partial charge is 0.262 e. The van der Waals surface area contributed by atoms with Gasteiger partial charge in [0.15, 0.2) is 6.61 Å². The van der Waals surface area contributed by atoms with Gasteiger partial charge in [0.1, 0.15) is 5.75 Å². The number of rotatable bonds is 10. The van der Waals surface area contributed by atoms with Crippen molar-refractivity contribution >= 4 is 27.5 Å². The molecule has 9 heteroatoms. The largest absolute Gasteiger partial charge is 0.484 e. The third-order valence-corrected chi connectivity index (χ3v) is 7.28. The Morgan fingerprint density at radius 3 is 2.17 bits per heavy atom. The Bertz CT molecular complexity index is 1270. The first-order valence-electron chi connectivity index (χ1n) is 11.8. The molecule has 1 heterocycles. The van der Waals surface area contributed by atoms with Crippen molar-refractivity contribution in [1.82, 2.24) is 9.62 Å². The van der Waals surface area contributed by atoms with E-state index in [2.05, 4.69) is 10.0 Å². The van der Waals surface area contributed by atoms with Crippen LogP contribution in [0.1, 0.15) is 24.0 Å². The summed E-state index contributed by atoms with van der Waals surface area (Å²) in [7, 11) is -3.67. The van der Waals surface area contributed by atoms with E-state index in [1.165, 1.54) is 24.3 Å². The van der Waals surface area contributed by atoms with Gasteiger partial charge in [-0.2, -0.15) is 0 Å². The standard InChI is InChI=1S/C27H29N3O5S/c31-26(29-23-10-8-21(9-11-23)18-27(32)30-16-4-5-17-30)20-35-24-12-14-25(15-13-24)36(33,34)28-19-22-6-2-1-3-7-22/h1-3,6-15,28H,4-5,16-20H2,(H,29,31). The highest BCUT2D eigenvalue weighted by Crippen LogP contribution is 2.17. The molecule has 0 saturated carbocycles. The minimum absolute atomic E-state index is 0.110. The van der Waals surface area contributed by atoms with Crippen molar-refractivity contribution in [3.8, 4) is 5.75 Å². The topological polar surface area (TPSA) is 105 Å². The third kappa shape index (κ3) is 7.16. The van der Waals surface area contributed by atoms with E-state index in [9.17, 15) is 18.0 Å². The van der Waals surface area contributed by atoms with Gasteiger partial charge in [-0.05, 0) is 60.4 Å². The lowest BCUT2D eigenvalue weighted by Crippen LogP contribution is -2.29. The fourth-order valence-electron chi connectivity index (χ4n) is 3.88. The average molecular weight is 508 g/mol. The minimum atomic E-state index is -3.67. The molecule has 0 bridgehead atoms. The number of likely N-dealkylation sites (tertiary alicyclic amines) is 1. The van der Waals surface area contributed by atoms with Gasteiger partial charge < -0.3 is 15.0 Å². The zero-order valence-corrected chi connectivity index (χ0v) is 20.7. The second-order valence-electron chi connectivity index (χ2n) is 8.58. The Morgan fingerprint density at radius 2 is 1.50 bits per heavy atom. The molecule has 3 aromatic rings. The van der Waals surface area contributed by atoms with Crippen molar-refractivity contribution in [2.24, 2.45) is 0 Å². The number of carbonyl (C=O) groups excluding carboxylic acids is 2. The van der Waals surface area contributed by atoms with Crippen LogP contribution in [0.15, 0.2) is 83.8 Å². The molecule has 2 amide bonds. The van der Waals surface area contributed by atoms with Crippen molar-refractivity contribution < 1.29 is 22.7 Å². The van der Waals surface area contributed by atoms with Crippen LogP contribution in [0.2, 0.25) is 0 Å². The fourth-order valence-corrected chi connectivity index (χ4v) is 4.90. The van der Waals surface area contributed by atoms with Crippen LogP contribution in [0.4, 0.5) is 5.69 Å². The number of sulfonamides is 1. The van der Waals surface area contributed by atoms with Crippen molar-refractivity contribution in [1.29, 1.82) is 0 Å². The number of benzene rings is 3. The number of hydrogen-bond acceptors (Lipinski definition) is 5. The zero-order chi connectivity index (χ0) is 25.4. The Kier molecular flexibility index (Phi) is 8.35. The Morgan fingerprint density at radius 1 is 0.833 bits per heavy atom. The van der Waals surface area contributed by atoms with Crippen LogP contribution in [-0.2, 0) is 32.6 Å².